The van der Waals surface area contributed by atoms with E-state index < -0.39 is 65.9 Å². The molecule has 1 heterocycles. The van der Waals surface area contributed by atoms with Gasteiger partial charge >= 0.3 is 17.9 Å². The number of hydrogen-bond acceptors (Lipinski definition) is 8. The smallest absolute Gasteiger partial charge is 0.333 e. The third kappa shape index (κ3) is 6.94. The number of aliphatic hydroxyl groups excluding tert-OH is 1. The Kier molecular flexibility index (Phi) is 9.71. The molecule has 8 nitrogen and oxygen atoms in total. The Labute approximate surface area is 209 Å². The number of hydrogen-bond donors (Lipinski definition) is 1. The van der Waals surface area contributed by atoms with Gasteiger partial charge < -0.3 is 24.1 Å². The van der Waals surface area contributed by atoms with Crippen LogP contribution in [0.25, 0.3) is 0 Å². The Bertz CT molecular complexity index is 859. The minimum atomic E-state index is -1.07. The predicted octanol–water partition coefficient (Wildman–Crippen LogP) is 3.89. The number of carbonyl (C=O) groups excluding carboxylic acids is 3. The van der Waals surface area contributed by atoms with Crippen molar-refractivity contribution in [1.82, 2.24) is 0 Å². The van der Waals surface area contributed by atoms with Crippen molar-refractivity contribution >= 4 is 17.9 Å². The first-order valence-electron chi connectivity index (χ1n) is 12.5. The van der Waals surface area contributed by atoms with Crippen molar-refractivity contribution < 1.29 is 38.4 Å². The van der Waals surface area contributed by atoms with Crippen LogP contribution in [0, 0.1) is 17.8 Å². The molecule has 8 heteroatoms. The number of fused-ring (bicyclic) bond motifs is 1. The second-order valence-electron chi connectivity index (χ2n) is 10.5. The normalized spacial score (nSPS) is 34.5. The second-order valence-corrected chi connectivity index (χ2v) is 10.5. The van der Waals surface area contributed by atoms with Crippen LogP contribution in [0.4, 0.5) is 0 Å². The van der Waals surface area contributed by atoms with Gasteiger partial charge in [0.15, 0.2) is 0 Å². The third-order valence-corrected chi connectivity index (χ3v) is 7.33. The number of epoxide rings is 1. The van der Waals surface area contributed by atoms with E-state index in [9.17, 15) is 19.5 Å². The average molecular weight is 495 g/mol. The van der Waals surface area contributed by atoms with Crippen molar-refractivity contribution in [1.29, 1.82) is 0 Å². The highest BCUT2D eigenvalue weighted by molar-refractivity contribution is 5.87. The number of ether oxygens (including phenoxy) is 4. The van der Waals surface area contributed by atoms with E-state index in [1.54, 1.807) is 33.8 Å². The molecule has 35 heavy (non-hydrogen) atoms. The van der Waals surface area contributed by atoms with Crippen LogP contribution in [0.1, 0.15) is 75.2 Å². The molecule has 0 spiro atoms. The predicted molar refractivity (Wildman–Crippen MR) is 130 cm³/mol. The lowest BCUT2D eigenvalue weighted by Crippen LogP contribution is -2.51. The van der Waals surface area contributed by atoms with Gasteiger partial charge in [0, 0.05) is 18.4 Å². The fourth-order valence-electron chi connectivity index (χ4n) is 4.61. The van der Waals surface area contributed by atoms with E-state index in [1.807, 2.05) is 33.8 Å². The first kappa shape index (κ1) is 29.0. The summed E-state index contributed by atoms with van der Waals surface area (Å²) in [6.45, 7) is 15.6. The van der Waals surface area contributed by atoms with Crippen molar-refractivity contribution in [3.05, 3.63) is 23.3 Å². The molecule has 1 aliphatic carbocycles. The molecule has 0 aromatic carbocycles. The van der Waals surface area contributed by atoms with E-state index in [0.717, 1.165) is 0 Å². The minimum Gasteiger partial charge on any atom is -0.462 e. The summed E-state index contributed by atoms with van der Waals surface area (Å²) in [6.07, 6.45) is 1.06. The van der Waals surface area contributed by atoms with Gasteiger partial charge in [-0.1, -0.05) is 26.0 Å². The maximum atomic E-state index is 13.2. The fraction of sp³-hybridized carbons (Fsp3) is 0.741. The van der Waals surface area contributed by atoms with Gasteiger partial charge in [0.2, 0.25) is 0 Å². The number of allylic oxidation sites excluding steroid dienone is 2. The van der Waals surface area contributed by atoms with Crippen LogP contribution < -0.4 is 0 Å². The molecule has 1 aliphatic heterocycles. The minimum absolute atomic E-state index is 0.131. The molecule has 198 valence electrons. The lowest BCUT2D eigenvalue weighted by Gasteiger charge is -2.39. The Hall–Kier alpha value is -2.19. The summed E-state index contributed by atoms with van der Waals surface area (Å²) in [5, 5.41) is 11.3. The van der Waals surface area contributed by atoms with Gasteiger partial charge in [0.25, 0.3) is 0 Å². The molecule has 8 atom stereocenters. The largest absolute Gasteiger partial charge is 0.462 e. The van der Waals surface area contributed by atoms with Gasteiger partial charge in [-0.25, -0.2) is 4.79 Å². The van der Waals surface area contributed by atoms with Crippen molar-refractivity contribution in [3.63, 3.8) is 0 Å². The van der Waals surface area contributed by atoms with Gasteiger partial charge in [-0.05, 0) is 65.9 Å². The molecule has 0 saturated carbocycles. The summed E-state index contributed by atoms with van der Waals surface area (Å²) in [5.41, 5.74) is 0.606. The topological polar surface area (TPSA) is 112 Å². The van der Waals surface area contributed by atoms with Gasteiger partial charge in [0.05, 0.1) is 11.5 Å². The third-order valence-electron chi connectivity index (χ3n) is 7.33. The molecule has 2 rings (SSSR count). The zero-order valence-corrected chi connectivity index (χ0v) is 22.5. The summed E-state index contributed by atoms with van der Waals surface area (Å²) in [5.74, 6) is -2.95. The highest BCUT2D eigenvalue weighted by Gasteiger charge is 2.61. The first-order chi connectivity index (χ1) is 16.2. The van der Waals surface area contributed by atoms with E-state index in [2.05, 4.69) is 0 Å². The molecule has 3 unspecified atom stereocenters. The molecule has 1 saturated heterocycles. The van der Waals surface area contributed by atoms with Crippen LogP contribution in [-0.2, 0) is 33.3 Å². The van der Waals surface area contributed by atoms with Gasteiger partial charge in [-0.3, -0.25) is 9.59 Å². The Morgan fingerprint density at radius 3 is 2.31 bits per heavy atom. The summed E-state index contributed by atoms with van der Waals surface area (Å²) >= 11 is 0. The summed E-state index contributed by atoms with van der Waals surface area (Å²) < 4.78 is 23.2. The zero-order chi connectivity index (χ0) is 26.7. The highest BCUT2D eigenvalue weighted by Crippen LogP contribution is 2.48. The van der Waals surface area contributed by atoms with Crippen LogP contribution in [0.3, 0.4) is 0 Å². The van der Waals surface area contributed by atoms with E-state index >= 15 is 0 Å². The van der Waals surface area contributed by atoms with Crippen molar-refractivity contribution in [3.8, 4) is 0 Å². The van der Waals surface area contributed by atoms with E-state index in [-0.39, 0.29) is 5.92 Å². The fourth-order valence-corrected chi connectivity index (χ4v) is 4.61. The van der Waals surface area contributed by atoms with E-state index in [4.69, 9.17) is 18.9 Å². The van der Waals surface area contributed by atoms with Crippen LogP contribution in [0.5, 0.6) is 0 Å². The molecule has 1 N–H and O–H groups in total. The SMILES string of the molecule is C/C=C(\C)C(=O)O[C@H]1[C@H](C(C)C)C(OC(=O)C(C)C(C)OC(C)=O)[C@@H]2O[C@]2(C)CC/C=C(\C)[C@@H]1O. The molecule has 0 aromatic heterocycles. The monoisotopic (exact) mass is 494 g/mol. The van der Waals surface area contributed by atoms with Crippen molar-refractivity contribution in [2.24, 2.45) is 17.8 Å². The Morgan fingerprint density at radius 2 is 1.77 bits per heavy atom. The van der Waals surface area contributed by atoms with Crippen molar-refractivity contribution in [2.75, 3.05) is 0 Å². The lowest BCUT2D eigenvalue weighted by molar-refractivity contribution is -0.176. The van der Waals surface area contributed by atoms with Crippen LogP contribution in [-0.4, -0.2) is 59.1 Å². The zero-order valence-electron chi connectivity index (χ0n) is 22.5. The maximum absolute atomic E-state index is 13.2. The van der Waals surface area contributed by atoms with E-state index in [1.165, 1.54) is 6.92 Å². The molecule has 2 aliphatic rings. The summed E-state index contributed by atoms with van der Waals surface area (Å²) in [6, 6.07) is 0. The van der Waals surface area contributed by atoms with Gasteiger partial charge in [0.1, 0.15) is 30.5 Å². The molecule has 0 bridgehead atoms. The quantitative estimate of drug-likeness (QED) is 0.187. The Morgan fingerprint density at radius 1 is 1.14 bits per heavy atom. The lowest BCUT2D eigenvalue weighted by atomic mass is 9.77. The maximum Gasteiger partial charge on any atom is 0.333 e. The number of carbonyl (C=O) groups is 3. The highest BCUT2D eigenvalue weighted by atomic mass is 16.6. The Balaban J connectivity index is 2.49. The van der Waals surface area contributed by atoms with Crippen LogP contribution in [0.15, 0.2) is 23.3 Å². The number of aliphatic hydroxyl groups is 1. The summed E-state index contributed by atoms with van der Waals surface area (Å²) in [7, 11) is 0. The van der Waals surface area contributed by atoms with Gasteiger partial charge in [-0.2, -0.15) is 0 Å². The summed E-state index contributed by atoms with van der Waals surface area (Å²) in [4.78, 5) is 37.4. The number of esters is 3. The standard InChI is InChI=1S/C27H42O8/c1-10-15(4)25(30)33-22-20(14(2)3)23(34-26(31)17(6)18(7)32-19(8)28)24-27(9,35-24)13-11-12-16(5)21(22)29/h10,12,14,17-18,20-24,29H,11,13H2,1-9H3/b15-10+,16-12+/t17?,18?,20-,21-,22-,23?,24-,27+/m0/s1. The van der Waals surface area contributed by atoms with Crippen LogP contribution >= 0.6 is 0 Å². The van der Waals surface area contributed by atoms with Crippen LogP contribution in [0.2, 0.25) is 0 Å². The van der Waals surface area contributed by atoms with Gasteiger partial charge in [-0.15, -0.1) is 0 Å². The average Bonchev–Trinajstić information content (AvgIpc) is 3.45. The first-order valence-corrected chi connectivity index (χ1v) is 12.5. The molecular formula is C27H42O8. The molecule has 0 aromatic rings. The second kappa shape index (κ2) is 11.7. The number of rotatable bonds is 7. The van der Waals surface area contributed by atoms with Crippen molar-refractivity contribution in [2.45, 2.75) is 111 Å². The molecule has 0 radical (unpaired) electrons. The van der Waals surface area contributed by atoms with E-state index in [0.29, 0.717) is 24.0 Å². The molecule has 0 amide bonds. The molecular weight excluding hydrogens is 452 g/mol. The molecule has 1 fully saturated rings.